The number of rotatable bonds is 5. The number of para-hydroxylation sites is 1. The van der Waals surface area contributed by atoms with Crippen molar-refractivity contribution in [1.82, 2.24) is 9.80 Å². The van der Waals surface area contributed by atoms with Crippen molar-refractivity contribution >= 4 is 5.91 Å². The average Bonchev–Trinajstić information content (AvgIpc) is 3.22. The van der Waals surface area contributed by atoms with Gasteiger partial charge in [-0.2, -0.15) is 0 Å². The van der Waals surface area contributed by atoms with E-state index < -0.39 is 0 Å². The van der Waals surface area contributed by atoms with Crippen LogP contribution in [0.3, 0.4) is 0 Å². The van der Waals surface area contributed by atoms with E-state index in [9.17, 15) is 4.79 Å². The fourth-order valence-corrected chi connectivity index (χ4v) is 4.49. The van der Waals surface area contributed by atoms with Crippen molar-refractivity contribution in [3.8, 4) is 5.75 Å². The summed E-state index contributed by atoms with van der Waals surface area (Å²) in [5, 5.41) is 0. The van der Waals surface area contributed by atoms with E-state index in [1.165, 1.54) is 19.4 Å². The van der Waals surface area contributed by atoms with Gasteiger partial charge in [-0.3, -0.25) is 4.79 Å². The highest BCUT2D eigenvalue weighted by atomic mass is 16.5. The number of carbonyl (C=O) groups excluding carboxylic acids is 1. The van der Waals surface area contributed by atoms with Gasteiger partial charge in [-0.1, -0.05) is 25.1 Å². The lowest BCUT2D eigenvalue weighted by molar-refractivity contribution is -0.133. The molecule has 132 valence electrons. The number of carbonyl (C=O) groups is 1. The van der Waals surface area contributed by atoms with Crippen LogP contribution in [0.4, 0.5) is 0 Å². The maximum Gasteiger partial charge on any atom is 0.223 e. The van der Waals surface area contributed by atoms with Crippen molar-refractivity contribution in [1.29, 1.82) is 0 Å². The van der Waals surface area contributed by atoms with Crippen molar-refractivity contribution in [3.05, 3.63) is 29.8 Å². The molecule has 4 heteroatoms. The minimum Gasteiger partial charge on any atom is -0.496 e. The number of likely N-dealkylation sites (N-methyl/N-ethyl adjacent to an activating group) is 1. The van der Waals surface area contributed by atoms with Crippen LogP contribution in [0, 0.1) is 0 Å². The van der Waals surface area contributed by atoms with E-state index in [-0.39, 0.29) is 5.92 Å². The molecular formula is C20H30N2O2. The van der Waals surface area contributed by atoms with Crippen molar-refractivity contribution in [2.45, 2.75) is 57.0 Å². The van der Waals surface area contributed by atoms with Gasteiger partial charge in [-0.15, -0.1) is 0 Å². The maximum absolute atomic E-state index is 13.0. The number of nitrogens with zero attached hydrogens (tertiary/aromatic N) is 2. The molecule has 3 atom stereocenters. The molecule has 1 amide bonds. The van der Waals surface area contributed by atoms with Gasteiger partial charge in [0.15, 0.2) is 0 Å². The number of amides is 1. The predicted octanol–water partition coefficient (Wildman–Crippen LogP) is 3.27. The van der Waals surface area contributed by atoms with Gasteiger partial charge < -0.3 is 14.5 Å². The van der Waals surface area contributed by atoms with Crippen LogP contribution >= 0.6 is 0 Å². The molecule has 0 aromatic heterocycles. The van der Waals surface area contributed by atoms with E-state index >= 15 is 0 Å². The van der Waals surface area contributed by atoms with Gasteiger partial charge in [-0.25, -0.2) is 0 Å². The molecule has 2 aliphatic rings. The zero-order chi connectivity index (χ0) is 17.1. The molecule has 24 heavy (non-hydrogen) atoms. The second-order valence-electron chi connectivity index (χ2n) is 7.33. The van der Waals surface area contributed by atoms with Gasteiger partial charge >= 0.3 is 0 Å². The van der Waals surface area contributed by atoms with Gasteiger partial charge in [0.1, 0.15) is 5.75 Å². The average molecular weight is 330 g/mol. The number of benzene rings is 1. The summed E-state index contributed by atoms with van der Waals surface area (Å²) in [5.41, 5.74) is 1.13. The standard InChI is InChI=1S/C20H30N2O2/c1-15(16-8-4-5-11-19(16)24-3)14-20(23)22-13-7-10-18(22)17-9-6-12-21(17)2/h4-5,8,11,15,17-18H,6-7,9-10,12-14H2,1-3H3. The number of ether oxygens (including phenoxy) is 1. The molecule has 4 nitrogen and oxygen atoms in total. The molecule has 2 heterocycles. The number of hydrogen-bond donors (Lipinski definition) is 0. The Hall–Kier alpha value is -1.55. The molecule has 1 aromatic carbocycles. The fraction of sp³-hybridized carbons (Fsp3) is 0.650. The quantitative estimate of drug-likeness (QED) is 0.831. The first kappa shape index (κ1) is 17.3. The third-order valence-electron chi connectivity index (χ3n) is 5.79. The van der Waals surface area contributed by atoms with Gasteiger partial charge in [0, 0.05) is 25.0 Å². The Morgan fingerprint density at radius 1 is 1.21 bits per heavy atom. The summed E-state index contributed by atoms with van der Waals surface area (Å²) in [6, 6.07) is 9.01. The second-order valence-corrected chi connectivity index (χ2v) is 7.33. The summed E-state index contributed by atoms with van der Waals surface area (Å²) < 4.78 is 5.46. The van der Waals surface area contributed by atoms with Crippen molar-refractivity contribution in [2.24, 2.45) is 0 Å². The van der Waals surface area contributed by atoms with Gasteiger partial charge in [0.2, 0.25) is 5.91 Å². The Kier molecular flexibility index (Phi) is 5.44. The highest BCUT2D eigenvalue weighted by Gasteiger charge is 2.38. The molecule has 1 aromatic rings. The molecule has 0 saturated carbocycles. The van der Waals surface area contributed by atoms with E-state index in [1.54, 1.807) is 7.11 Å². The van der Waals surface area contributed by atoms with Gasteiger partial charge in [0.25, 0.3) is 0 Å². The maximum atomic E-state index is 13.0. The van der Waals surface area contributed by atoms with E-state index in [0.717, 1.165) is 30.7 Å². The number of likely N-dealkylation sites (tertiary alicyclic amines) is 2. The minimum absolute atomic E-state index is 0.177. The van der Waals surface area contributed by atoms with Crippen LogP contribution in [0.15, 0.2) is 24.3 Å². The van der Waals surface area contributed by atoms with Crippen molar-refractivity contribution < 1.29 is 9.53 Å². The highest BCUT2D eigenvalue weighted by Crippen LogP contribution is 2.32. The minimum atomic E-state index is 0.177. The molecule has 3 rings (SSSR count). The molecule has 2 fully saturated rings. The Balaban J connectivity index is 1.67. The summed E-state index contributed by atoms with van der Waals surface area (Å²) in [5.74, 6) is 1.36. The van der Waals surface area contributed by atoms with Gasteiger partial charge in [0.05, 0.1) is 7.11 Å². The first-order chi connectivity index (χ1) is 11.6. The van der Waals surface area contributed by atoms with Crippen LogP contribution in [0.1, 0.15) is 50.5 Å². The van der Waals surface area contributed by atoms with Crippen LogP contribution in [-0.4, -0.2) is 55.0 Å². The molecular weight excluding hydrogens is 300 g/mol. The van der Waals surface area contributed by atoms with Gasteiger partial charge in [-0.05, 0) is 56.8 Å². The topological polar surface area (TPSA) is 32.8 Å². The molecule has 0 spiro atoms. The normalized spacial score (nSPS) is 25.9. The molecule has 0 radical (unpaired) electrons. The Labute approximate surface area is 145 Å². The van der Waals surface area contributed by atoms with Crippen LogP contribution < -0.4 is 4.74 Å². The zero-order valence-electron chi connectivity index (χ0n) is 15.2. The molecule has 2 saturated heterocycles. The number of methoxy groups -OCH3 is 1. The SMILES string of the molecule is COc1ccccc1C(C)CC(=O)N1CCCC1C1CCCN1C. The first-order valence-corrected chi connectivity index (χ1v) is 9.24. The predicted molar refractivity (Wildman–Crippen MR) is 96.4 cm³/mol. The Morgan fingerprint density at radius 2 is 1.92 bits per heavy atom. The zero-order valence-corrected chi connectivity index (χ0v) is 15.2. The summed E-state index contributed by atoms with van der Waals surface area (Å²) in [6.45, 7) is 4.22. The Bertz CT molecular complexity index is 575. The van der Waals surface area contributed by atoms with E-state index in [2.05, 4.69) is 29.8 Å². The van der Waals surface area contributed by atoms with Crippen LogP contribution in [-0.2, 0) is 4.79 Å². The van der Waals surface area contributed by atoms with E-state index in [1.807, 2.05) is 18.2 Å². The van der Waals surface area contributed by atoms with Crippen molar-refractivity contribution in [2.75, 3.05) is 27.2 Å². The third kappa shape index (κ3) is 3.44. The highest BCUT2D eigenvalue weighted by molar-refractivity contribution is 5.78. The van der Waals surface area contributed by atoms with Crippen LogP contribution in [0.2, 0.25) is 0 Å². The van der Waals surface area contributed by atoms with Crippen LogP contribution in [0.5, 0.6) is 5.75 Å². The monoisotopic (exact) mass is 330 g/mol. The van der Waals surface area contributed by atoms with E-state index in [4.69, 9.17) is 4.74 Å². The molecule has 2 aliphatic heterocycles. The fourth-order valence-electron chi connectivity index (χ4n) is 4.49. The molecule has 0 aliphatic carbocycles. The van der Waals surface area contributed by atoms with E-state index in [0.29, 0.717) is 24.4 Å². The number of hydrogen-bond acceptors (Lipinski definition) is 3. The first-order valence-electron chi connectivity index (χ1n) is 9.24. The largest absolute Gasteiger partial charge is 0.496 e. The lowest BCUT2D eigenvalue weighted by Gasteiger charge is -2.34. The summed E-state index contributed by atoms with van der Waals surface area (Å²) in [6.07, 6.45) is 5.35. The lowest BCUT2D eigenvalue weighted by Crippen LogP contribution is -2.47. The van der Waals surface area contributed by atoms with Crippen molar-refractivity contribution in [3.63, 3.8) is 0 Å². The summed E-state index contributed by atoms with van der Waals surface area (Å²) in [4.78, 5) is 17.6. The van der Waals surface area contributed by atoms with Crippen LogP contribution in [0.25, 0.3) is 0 Å². The summed E-state index contributed by atoms with van der Waals surface area (Å²) in [7, 11) is 3.90. The third-order valence-corrected chi connectivity index (χ3v) is 5.79. The second kappa shape index (κ2) is 7.56. The molecule has 0 N–H and O–H groups in total. The molecule has 0 bridgehead atoms. The Morgan fingerprint density at radius 3 is 2.62 bits per heavy atom. The summed E-state index contributed by atoms with van der Waals surface area (Å²) >= 11 is 0. The molecule has 3 unspecified atom stereocenters. The lowest BCUT2D eigenvalue weighted by atomic mass is 9.95. The smallest absolute Gasteiger partial charge is 0.223 e.